The number of hydrogen-bond acceptors (Lipinski definition) is 4. The smallest absolute Gasteiger partial charge is 0.0589 e. The van der Waals surface area contributed by atoms with Gasteiger partial charge in [-0.3, -0.25) is 9.88 Å². The molecule has 5 heteroatoms. The van der Waals surface area contributed by atoms with E-state index in [1.165, 1.54) is 27.6 Å². The third-order valence-corrected chi connectivity index (χ3v) is 6.89. The van der Waals surface area contributed by atoms with Gasteiger partial charge in [-0.05, 0) is 40.1 Å². The van der Waals surface area contributed by atoms with Crippen LogP contribution in [0.2, 0.25) is 0 Å². The number of methoxy groups -OCH3 is 1. The average molecular weight is 468 g/mol. The van der Waals surface area contributed by atoms with Crippen LogP contribution < -0.4 is 0 Å². The number of rotatable bonds is 10. The summed E-state index contributed by atoms with van der Waals surface area (Å²) in [6.45, 7) is 4.41. The van der Waals surface area contributed by atoms with Crippen molar-refractivity contribution >= 4 is 22.2 Å². The summed E-state index contributed by atoms with van der Waals surface area (Å²) in [5.74, 6) is 0. The molecular formula is C29H29N3OS. The van der Waals surface area contributed by atoms with Crippen LogP contribution in [-0.2, 0) is 17.8 Å². The summed E-state index contributed by atoms with van der Waals surface area (Å²) in [5, 5.41) is 5.54. The lowest BCUT2D eigenvalue weighted by atomic mass is 10.0. The SMILES string of the molecule is COCCN(CCn1cc(-c2cncc(-c3ccsc3)c2)c2ccccc21)Cc1ccccc1. The molecule has 0 bridgehead atoms. The Morgan fingerprint density at radius 3 is 2.56 bits per heavy atom. The monoisotopic (exact) mass is 467 g/mol. The van der Waals surface area contributed by atoms with E-state index < -0.39 is 0 Å². The van der Waals surface area contributed by atoms with Gasteiger partial charge < -0.3 is 9.30 Å². The molecule has 172 valence electrons. The van der Waals surface area contributed by atoms with Crippen molar-refractivity contribution < 1.29 is 4.74 Å². The number of fused-ring (bicyclic) bond motifs is 1. The Kier molecular flexibility index (Phi) is 7.15. The molecule has 0 fully saturated rings. The van der Waals surface area contributed by atoms with Crippen molar-refractivity contribution in [2.24, 2.45) is 0 Å². The van der Waals surface area contributed by atoms with Gasteiger partial charge in [-0.2, -0.15) is 11.3 Å². The van der Waals surface area contributed by atoms with Crippen LogP contribution in [-0.4, -0.2) is 41.3 Å². The fourth-order valence-corrected chi connectivity index (χ4v) is 5.08. The first kappa shape index (κ1) is 22.5. The molecule has 0 amide bonds. The second-order valence-corrected chi connectivity index (χ2v) is 9.26. The van der Waals surface area contributed by atoms with Crippen LogP contribution in [0.5, 0.6) is 0 Å². The molecule has 5 aromatic rings. The van der Waals surface area contributed by atoms with Crippen molar-refractivity contribution in [1.29, 1.82) is 0 Å². The summed E-state index contributed by atoms with van der Waals surface area (Å²) in [6.07, 6.45) is 6.21. The second kappa shape index (κ2) is 10.8. The number of ether oxygens (including phenoxy) is 1. The molecule has 5 rings (SSSR count). The fourth-order valence-electron chi connectivity index (χ4n) is 4.42. The molecule has 0 spiro atoms. The van der Waals surface area contributed by atoms with Gasteiger partial charge in [0.2, 0.25) is 0 Å². The molecule has 4 nitrogen and oxygen atoms in total. The Bertz CT molecular complexity index is 1330. The zero-order valence-electron chi connectivity index (χ0n) is 19.4. The summed E-state index contributed by atoms with van der Waals surface area (Å²) in [4.78, 5) is 7.03. The quantitative estimate of drug-likeness (QED) is 0.232. The highest BCUT2D eigenvalue weighted by Gasteiger charge is 2.13. The van der Waals surface area contributed by atoms with E-state index in [4.69, 9.17) is 4.74 Å². The normalized spacial score (nSPS) is 11.5. The van der Waals surface area contributed by atoms with Gasteiger partial charge in [-0.25, -0.2) is 0 Å². The molecule has 0 unspecified atom stereocenters. The minimum Gasteiger partial charge on any atom is -0.383 e. The maximum absolute atomic E-state index is 5.38. The highest BCUT2D eigenvalue weighted by Crippen LogP contribution is 2.33. The molecule has 0 atom stereocenters. The van der Waals surface area contributed by atoms with E-state index in [1.807, 2.05) is 12.4 Å². The fraction of sp³-hybridized carbons (Fsp3) is 0.207. The summed E-state index contributed by atoms with van der Waals surface area (Å²) in [7, 11) is 1.77. The molecular weight excluding hydrogens is 438 g/mol. The molecule has 0 aliphatic rings. The van der Waals surface area contributed by atoms with E-state index in [0.29, 0.717) is 0 Å². The van der Waals surface area contributed by atoms with Gasteiger partial charge in [-0.15, -0.1) is 0 Å². The largest absolute Gasteiger partial charge is 0.383 e. The van der Waals surface area contributed by atoms with E-state index >= 15 is 0 Å². The van der Waals surface area contributed by atoms with E-state index in [9.17, 15) is 0 Å². The lowest BCUT2D eigenvalue weighted by Gasteiger charge is -2.22. The highest BCUT2D eigenvalue weighted by molar-refractivity contribution is 7.08. The zero-order chi connectivity index (χ0) is 23.2. The summed E-state index contributed by atoms with van der Waals surface area (Å²) in [6, 6.07) is 23.7. The van der Waals surface area contributed by atoms with Crippen molar-refractivity contribution in [2.45, 2.75) is 13.1 Å². The zero-order valence-corrected chi connectivity index (χ0v) is 20.2. The van der Waals surface area contributed by atoms with Crippen molar-refractivity contribution in [1.82, 2.24) is 14.5 Å². The van der Waals surface area contributed by atoms with Gasteiger partial charge in [0.05, 0.1) is 6.61 Å². The van der Waals surface area contributed by atoms with Crippen molar-refractivity contribution in [3.63, 3.8) is 0 Å². The minimum atomic E-state index is 0.728. The molecule has 0 aliphatic heterocycles. The van der Waals surface area contributed by atoms with Crippen LogP contribution in [0.4, 0.5) is 0 Å². The Balaban J connectivity index is 1.42. The van der Waals surface area contributed by atoms with E-state index in [-0.39, 0.29) is 0 Å². The Morgan fingerprint density at radius 1 is 0.912 bits per heavy atom. The van der Waals surface area contributed by atoms with E-state index in [0.717, 1.165) is 43.9 Å². The molecule has 0 aliphatic carbocycles. The maximum Gasteiger partial charge on any atom is 0.0589 e. The number of pyridine rings is 1. The molecule has 0 N–H and O–H groups in total. The topological polar surface area (TPSA) is 30.3 Å². The molecule has 34 heavy (non-hydrogen) atoms. The van der Waals surface area contributed by atoms with Crippen LogP contribution in [0.3, 0.4) is 0 Å². The average Bonchev–Trinajstić information content (AvgIpc) is 3.55. The van der Waals surface area contributed by atoms with E-state index in [2.05, 4.69) is 98.1 Å². The molecule has 3 aromatic heterocycles. The lowest BCUT2D eigenvalue weighted by Crippen LogP contribution is -2.30. The van der Waals surface area contributed by atoms with Crippen molar-refractivity contribution in [2.75, 3.05) is 26.8 Å². The van der Waals surface area contributed by atoms with Crippen LogP contribution in [0, 0.1) is 0 Å². The maximum atomic E-state index is 5.38. The Labute approximate surface area is 205 Å². The number of nitrogens with zero attached hydrogens (tertiary/aromatic N) is 3. The first-order valence-corrected chi connectivity index (χ1v) is 12.6. The minimum absolute atomic E-state index is 0.728. The third kappa shape index (κ3) is 5.12. The van der Waals surface area contributed by atoms with Crippen LogP contribution in [0.1, 0.15) is 5.56 Å². The van der Waals surface area contributed by atoms with Gasteiger partial charge >= 0.3 is 0 Å². The van der Waals surface area contributed by atoms with Crippen LogP contribution >= 0.6 is 11.3 Å². The summed E-state index contributed by atoms with van der Waals surface area (Å²) < 4.78 is 7.76. The number of thiophene rings is 1. The van der Waals surface area contributed by atoms with Crippen molar-refractivity contribution in [3.8, 4) is 22.3 Å². The first-order valence-electron chi connectivity index (χ1n) is 11.6. The standard InChI is InChI=1S/C29H29N3OS/c1-33-15-14-31(20-23-7-3-2-4-8-23)12-13-32-21-28(27-9-5-6-10-29(27)32)26-17-25(18-30-19-26)24-11-16-34-22-24/h2-11,16-19,21-22H,12-15,20H2,1H3. The van der Waals surface area contributed by atoms with E-state index in [1.54, 1.807) is 18.4 Å². The van der Waals surface area contributed by atoms with Crippen molar-refractivity contribution in [3.05, 3.63) is 102 Å². The first-order chi connectivity index (χ1) is 16.8. The second-order valence-electron chi connectivity index (χ2n) is 8.48. The summed E-state index contributed by atoms with van der Waals surface area (Å²) in [5.41, 5.74) is 7.34. The number of hydrogen-bond donors (Lipinski definition) is 0. The van der Waals surface area contributed by atoms with Gasteiger partial charge in [0.25, 0.3) is 0 Å². The Hall–Kier alpha value is -3.25. The van der Waals surface area contributed by atoms with Gasteiger partial charge in [-0.1, -0.05) is 48.5 Å². The van der Waals surface area contributed by atoms with Crippen LogP contribution in [0.15, 0.2) is 96.1 Å². The molecule has 0 saturated heterocycles. The molecule has 0 saturated carbocycles. The number of para-hydroxylation sites is 1. The summed E-state index contributed by atoms with van der Waals surface area (Å²) >= 11 is 1.71. The predicted molar refractivity (Wildman–Crippen MR) is 142 cm³/mol. The number of benzene rings is 2. The predicted octanol–water partition coefficient (Wildman–Crippen LogP) is 6.58. The lowest BCUT2D eigenvalue weighted by molar-refractivity contribution is 0.141. The molecule has 2 aromatic carbocycles. The molecule has 0 radical (unpaired) electrons. The highest BCUT2D eigenvalue weighted by atomic mass is 32.1. The third-order valence-electron chi connectivity index (χ3n) is 6.21. The van der Waals surface area contributed by atoms with Gasteiger partial charge in [0, 0.05) is 79.5 Å². The number of aromatic nitrogens is 2. The molecule has 3 heterocycles. The van der Waals surface area contributed by atoms with Crippen LogP contribution in [0.25, 0.3) is 33.2 Å². The van der Waals surface area contributed by atoms with Gasteiger partial charge in [0.15, 0.2) is 0 Å². The van der Waals surface area contributed by atoms with Gasteiger partial charge in [0.1, 0.15) is 0 Å². The Morgan fingerprint density at radius 2 is 1.74 bits per heavy atom.